The molecular weight excluding hydrogens is 356 g/mol. The smallest absolute Gasteiger partial charge is 0.337 e. The summed E-state index contributed by atoms with van der Waals surface area (Å²) in [5.41, 5.74) is 0.464. The third-order valence-corrected chi connectivity index (χ3v) is 3.49. The Morgan fingerprint density at radius 2 is 1.85 bits per heavy atom. The molecule has 0 bridgehead atoms. The fourth-order valence-electron chi connectivity index (χ4n) is 2.18. The summed E-state index contributed by atoms with van der Waals surface area (Å²) in [5.74, 6) is -1.68. The molecule has 2 aromatic carbocycles. The average Bonchev–Trinajstić information content (AvgIpc) is 2.65. The van der Waals surface area contributed by atoms with Crippen molar-refractivity contribution in [2.45, 2.75) is 6.92 Å². The summed E-state index contributed by atoms with van der Waals surface area (Å²) in [6.45, 7) is 0.868. The number of hydrogen-bond donors (Lipinski definition) is 1. The van der Waals surface area contributed by atoms with Crippen LogP contribution in [0.1, 0.15) is 27.6 Å². The van der Waals surface area contributed by atoms with Gasteiger partial charge in [0.2, 0.25) is 0 Å². The lowest BCUT2D eigenvalue weighted by atomic mass is 10.1. The number of nitro groups is 1. The van der Waals surface area contributed by atoms with E-state index in [1.165, 1.54) is 26.2 Å². The van der Waals surface area contributed by atoms with E-state index in [1.54, 1.807) is 18.2 Å². The predicted molar refractivity (Wildman–Crippen MR) is 95.0 cm³/mol. The van der Waals surface area contributed by atoms with Gasteiger partial charge in [-0.25, -0.2) is 4.79 Å². The summed E-state index contributed by atoms with van der Waals surface area (Å²) in [6, 6.07) is 9.76. The Balaban J connectivity index is 2.11. The van der Waals surface area contributed by atoms with Crippen molar-refractivity contribution in [3.8, 4) is 5.75 Å². The van der Waals surface area contributed by atoms with E-state index in [0.717, 1.165) is 12.1 Å². The van der Waals surface area contributed by atoms with Crippen LogP contribution in [0.2, 0.25) is 0 Å². The normalized spacial score (nSPS) is 10.0. The van der Waals surface area contributed by atoms with Crippen molar-refractivity contribution in [1.29, 1.82) is 0 Å². The summed E-state index contributed by atoms with van der Waals surface area (Å²) in [6.07, 6.45) is 0. The second-order valence-corrected chi connectivity index (χ2v) is 5.41. The highest BCUT2D eigenvalue weighted by atomic mass is 16.6. The van der Waals surface area contributed by atoms with Crippen LogP contribution in [0.3, 0.4) is 0 Å². The van der Waals surface area contributed by atoms with E-state index >= 15 is 0 Å². The SMILES string of the molecule is COC(=O)c1ccc([N+](=O)[O-])c(OCC(=O)Nc2cccc(C(C)=O)c2)c1. The van der Waals surface area contributed by atoms with E-state index < -0.39 is 29.1 Å². The van der Waals surface area contributed by atoms with Crippen LogP contribution in [0.25, 0.3) is 0 Å². The van der Waals surface area contributed by atoms with Crippen LogP contribution in [-0.4, -0.2) is 36.3 Å². The molecule has 140 valence electrons. The zero-order chi connectivity index (χ0) is 20.0. The van der Waals surface area contributed by atoms with Crippen LogP contribution in [0, 0.1) is 10.1 Å². The quantitative estimate of drug-likeness (QED) is 0.343. The summed E-state index contributed by atoms with van der Waals surface area (Å²) in [4.78, 5) is 45.4. The Morgan fingerprint density at radius 1 is 1.11 bits per heavy atom. The Morgan fingerprint density at radius 3 is 2.48 bits per heavy atom. The van der Waals surface area contributed by atoms with Crippen molar-refractivity contribution in [1.82, 2.24) is 0 Å². The van der Waals surface area contributed by atoms with Gasteiger partial charge in [-0.1, -0.05) is 12.1 Å². The first-order chi connectivity index (χ1) is 12.8. The molecule has 2 rings (SSSR count). The van der Waals surface area contributed by atoms with Gasteiger partial charge in [0, 0.05) is 23.4 Å². The van der Waals surface area contributed by atoms with E-state index in [2.05, 4.69) is 10.1 Å². The number of carbonyl (C=O) groups is 3. The molecule has 0 saturated carbocycles. The van der Waals surface area contributed by atoms with Crippen molar-refractivity contribution in [2.75, 3.05) is 19.0 Å². The lowest BCUT2D eigenvalue weighted by molar-refractivity contribution is -0.385. The minimum Gasteiger partial charge on any atom is -0.477 e. The number of ketones is 1. The molecule has 0 radical (unpaired) electrons. The number of carbonyl (C=O) groups excluding carboxylic acids is 3. The molecular formula is C18H16N2O7. The van der Waals surface area contributed by atoms with Gasteiger partial charge in [0.15, 0.2) is 18.1 Å². The van der Waals surface area contributed by atoms with Crippen molar-refractivity contribution >= 4 is 29.0 Å². The number of hydrogen-bond acceptors (Lipinski definition) is 7. The molecule has 0 atom stereocenters. The molecule has 9 heteroatoms. The molecule has 0 spiro atoms. The number of methoxy groups -OCH3 is 1. The molecule has 2 aromatic rings. The second-order valence-electron chi connectivity index (χ2n) is 5.41. The summed E-state index contributed by atoms with van der Waals surface area (Å²) < 4.78 is 9.77. The molecule has 1 amide bonds. The number of benzene rings is 2. The van der Waals surface area contributed by atoms with Crippen LogP contribution >= 0.6 is 0 Å². The Labute approximate surface area is 154 Å². The van der Waals surface area contributed by atoms with E-state index in [4.69, 9.17) is 4.74 Å². The van der Waals surface area contributed by atoms with Gasteiger partial charge in [-0.05, 0) is 25.1 Å². The van der Waals surface area contributed by atoms with Gasteiger partial charge in [-0.15, -0.1) is 0 Å². The molecule has 0 heterocycles. The monoisotopic (exact) mass is 372 g/mol. The number of esters is 1. The second kappa shape index (κ2) is 8.56. The van der Waals surface area contributed by atoms with Crippen LogP contribution in [0.4, 0.5) is 11.4 Å². The Bertz CT molecular complexity index is 908. The molecule has 0 fully saturated rings. The zero-order valence-electron chi connectivity index (χ0n) is 14.6. The predicted octanol–water partition coefficient (Wildman–Crippen LogP) is 2.60. The van der Waals surface area contributed by atoms with Gasteiger partial charge >= 0.3 is 11.7 Å². The summed E-state index contributed by atoms with van der Waals surface area (Å²) >= 11 is 0. The van der Waals surface area contributed by atoms with Crippen molar-refractivity contribution in [2.24, 2.45) is 0 Å². The molecule has 0 saturated heterocycles. The molecule has 0 unspecified atom stereocenters. The molecule has 9 nitrogen and oxygen atoms in total. The number of nitrogens with one attached hydrogen (secondary N) is 1. The molecule has 0 aliphatic carbocycles. The van der Waals surface area contributed by atoms with Crippen LogP contribution in [0.5, 0.6) is 5.75 Å². The van der Waals surface area contributed by atoms with Gasteiger partial charge < -0.3 is 14.8 Å². The van der Waals surface area contributed by atoms with E-state index in [1.807, 2.05) is 0 Å². The first kappa shape index (κ1) is 19.6. The number of ether oxygens (including phenoxy) is 2. The zero-order valence-corrected chi connectivity index (χ0v) is 14.6. The molecule has 0 aliphatic heterocycles. The number of Topliss-reactive ketones (excluding diaryl/α,β-unsaturated/α-hetero) is 1. The molecule has 0 aromatic heterocycles. The fourth-order valence-corrected chi connectivity index (χ4v) is 2.18. The van der Waals surface area contributed by atoms with E-state index in [9.17, 15) is 24.5 Å². The average molecular weight is 372 g/mol. The maximum Gasteiger partial charge on any atom is 0.337 e. The minimum absolute atomic E-state index is 0.0488. The van der Waals surface area contributed by atoms with Gasteiger partial charge in [0.1, 0.15) is 0 Å². The van der Waals surface area contributed by atoms with Gasteiger partial charge in [-0.3, -0.25) is 19.7 Å². The lowest BCUT2D eigenvalue weighted by Crippen LogP contribution is -2.20. The van der Waals surface area contributed by atoms with E-state index in [-0.39, 0.29) is 17.1 Å². The standard InChI is InChI=1S/C18H16N2O7/c1-11(21)12-4-3-5-14(8-12)19-17(22)10-27-16-9-13(18(23)26-2)6-7-15(16)20(24)25/h3-9H,10H2,1-2H3,(H,19,22). The number of nitrogens with zero attached hydrogens (tertiary/aromatic N) is 1. The van der Waals surface area contributed by atoms with Crippen molar-refractivity contribution < 1.29 is 28.8 Å². The van der Waals surface area contributed by atoms with Crippen molar-refractivity contribution in [3.05, 3.63) is 63.7 Å². The fraction of sp³-hybridized carbons (Fsp3) is 0.167. The maximum atomic E-state index is 12.0. The summed E-state index contributed by atoms with van der Waals surface area (Å²) in [7, 11) is 1.17. The third kappa shape index (κ3) is 5.11. The maximum absolute atomic E-state index is 12.0. The van der Waals surface area contributed by atoms with Gasteiger partial charge in [0.25, 0.3) is 5.91 Å². The highest BCUT2D eigenvalue weighted by Crippen LogP contribution is 2.28. The lowest BCUT2D eigenvalue weighted by Gasteiger charge is -2.09. The van der Waals surface area contributed by atoms with E-state index in [0.29, 0.717) is 11.3 Å². The first-order valence-electron chi connectivity index (χ1n) is 7.72. The molecule has 1 N–H and O–H groups in total. The number of anilines is 1. The highest BCUT2D eigenvalue weighted by Gasteiger charge is 2.19. The number of rotatable bonds is 7. The van der Waals surface area contributed by atoms with Gasteiger partial charge in [0.05, 0.1) is 17.6 Å². The third-order valence-electron chi connectivity index (χ3n) is 3.49. The largest absolute Gasteiger partial charge is 0.477 e. The topological polar surface area (TPSA) is 125 Å². The first-order valence-corrected chi connectivity index (χ1v) is 7.72. The number of nitro benzene ring substituents is 1. The number of amides is 1. The molecule has 0 aliphatic rings. The minimum atomic E-state index is -0.694. The Kier molecular flexibility index (Phi) is 6.21. The Hall–Kier alpha value is -3.75. The van der Waals surface area contributed by atoms with Crippen LogP contribution < -0.4 is 10.1 Å². The van der Waals surface area contributed by atoms with Gasteiger partial charge in [-0.2, -0.15) is 0 Å². The van der Waals surface area contributed by atoms with Crippen molar-refractivity contribution in [3.63, 3.8) is 0 Å². The summed E-state index contributed by atoms with van der Waals surface area (Å²) in [5, 5.41) is 13.6. The molecule has 27 heavy (non-hydrogen) atoms. The van der Waals surface area contributed by atoms with Crippen LogP contribution in [0.15, 0.2) is 42.5 Å². The highest BCUT2D eigenvalue weighted by molar-refractivity contribution is 5.97. The van der Waals surface area contributed by atoms with Crippen LogP contribution in [-0.2, 0) is 9.53 Å².